The average Bonchev–Trinajstić information content (AvgIpc) is 3.10. The molecule has 2 rings (SSSR count). The van der Waals surface area contributed by atoms with E-state index in [0.29, 0.717) is 6.42 Å². The van der Waals surface area contributed by atoms with Crippen molar-refractivity contribution in [3.8, 4) is 0 Å². The van der Waals surface area contributed by atoms with Gasteiger partial charge in [-0.1, -0.05) is 5.11 Å². The molecule has 7 atom stereocenters. The standard InChI is InChI=1S/C16H28B2N3O8P/c1-9(2)24-8-16(20-21-19)13(6-15(18)28-16)29-30(22,23)25-7-12-11(26-10(3)4)5-14(17)27-12/h9-15H,5-8H2,1-4H3,(H,22,23)/t11?,12-,13?,14-,15-,16-/m1/s1. The number of phosphoric ester groups is 1. The Morgan fingerprint density at radius 1 is 1.27 bits per heavy atom. The summed E-state index contributed by atoms with van der Waals surface area (Å²) in [7, 11) is 7.00. The number of phosphoric acid groups is 1. The monoisotopic (exact) mass is 443 g/mol. The van der Waals surface area contributed by atoms with Crippen LogP contribution in [-0.4, -0.2) is 82.1 Å². The second-order valence-electron chi connectivity index (χ2n) is 7.82. The summed E-state index contributed by atoms with van der Waals surface area (Å²) < 4.78 is 45.2. The molecule has 0 aromatic rings. The van der Waals surface area contributed by atoms with Crippen LogP contribution in [0.2, 0.25) is 0 Å². The van der Waals surface area contributed by atoms with Crippen molar-refractivity contribution in [3.63, 3.8) is 0 Å². The first-order valence-corrected chi connectivity index (χ1v) is 11.3. The number of ether oxygens (including phenoxy) is 4. The van der Waals surface area contributed by atoms with Gasteiger partial charge in [-0.05, 0) is 46.1 Å². The van der Waals surface area contributed by atoms with Crippen LogP contribution in [0.5, 0.6) is 0 Å². The highest BCUT2D eigenvalue weighted by Gasteiger charge is 2.51. The molecule has 14 heteroatoms. The zero-order valence-electron chi connectivity index (χ0n) is 17.6. The molecule has 0 amide bonds. The van der Waals surface area contributed by atoms with Crippen molar-refractivity contribution < 1.29 is 37.5 Å². The molecule has 2 aliphatic rings. The number of hydrogen-bond donors (Lipinski definition) is 1. The van der Waals surface area contributed by atoms with Crippen LogP contribution in [0.4, 0.5) is 0 Å². The van der Waals surface area contributed by atoms with E-state index in [-0.39, 0.29) is 37.9 Å². The van der Waals surface area contributed by atoms with Gasteiger partial charge in [0.2, 0.25) is 0 Å². The molecule has 166 valence electrons. The Hall–Kier alpha value is -0.610. The first-order valence-electron chi connectivity index (χ1n) is 9.80. The van der Waals surface area contributed by atoms with Crippen molar-refractivity contribution in [1.82, 2.24) is 0 Å². The maximum atomic E-state index is 12.6. The number of azide groups is 1. The van der Waals surface area contributed by atoms with Crippen LogP contribution in [0.25, 0.3) is 10.4 Å². The Balaban J connectivity index is 2.04. The average molecular weight is 443 g/mol. The molecular formula is C16H28B2N3O8P. The van der Waals surface area contributed by atoms with Gasteiger partial charge in [-0.3, -0.25) is 9.05 Å². The molecule has 0 spiro atoms. The fourth-order valence-corrected chi connectivity index (χ4v) is 4.23. The predicted molar refractivity (Wildman–Crippen MR) is 108 cm³/mol. The van der Waals surface area contributed by atoms with E-state index in [1.54, 1.807) is 13.8 Å². The molecule has 2 heterocycles. The lowest BCUT2D eigenvalue weighted by Crippen LogP contribution is -2.43. The Morgan fingerprint density at radius 3 is 2.57 bits per heavy atom. The quantitative estimate of drug-likeness (QED) is 0.168. The lowest BCUT2D eigenvalue weighted by atomic mass is 9.95. The fraction of sp³-hybridized carbons (Fsp3) is 1.00. The Morgan fingerprint density at radius 2 is 1.97 bits per heavy atom. The van der Waals surface area contributed by atoms with E-state index in [9.17, 15) is 9.46 Å². The van der Waals surface area contributed by atoms with Crippen molar-refractivity contribution >= 4 is 23.5 Å². The van der Waals surface area contributed by atoms with Crippen molar-refractivity contribution in [3.05, 3.63) is 10.4 Å². The zero-order chi connectivity index (χ0) is 22.5. The van der Waals surface area contributed by atoms with E-state index in [0.717, 1.165) is 0 Å². The Kier molecular flexibility index (Phi) is 9.24. The van der Waals surface area contributed by atoms with Gasteiger partial charge >= 0.3 is 7.82 Å². The van der Waals surface area contributed by atoms with Crippen LogP contribution < -0.4 is 0 Å². The van der Waals surface area contributed by atoms with Gasteiger partial charge in [0.25, 0.3) is 0 Å². The summed E-state index contributed by atoms with van der Waals surface area (Å²) in [5, 5.41) is 3.61. The fourth-order valence-electron chi connectivity index (χ4n) is 3.26. The summed E-state index contributed by atoms with van der Waals surface area (Å²) in [4.78, 5) is 13.0. The van der Waals surface area contributed by atoms with Crippen LogP contribution in [0, 0.1) is 0 Å². The minimum absolute atomic E-state index is 0.00171. The third-order valence-corrected chi connectivity index (χ3v) is 5.48. The first-order chi connectivity index (χ1) is 14.0. The van der Waals surface area contributed by atoms with Gasteiger partial charge in [0.1, 0.15) is 27.9 Å². The van der Waals surface area contributed by atoms with Crippen LogP contribution >= 0.6 is 7.82 Å². The minimum Gasteiger partial charge on any atom is -0.380 e. The topological polar surface area (TPSA) is 141 Å². The maximum Gasteiger partial charge on any atom is 0.472 e. The molecule has 0 aromatic carbocycles. The van der Waals surface area contributed by atoms with Gasteiger partial charge in [-0.25, -0.2) is 4.57 Å². The van der Waals surface area contributed by atoms with Crippen LogP contribution in [0.15, 0.2) is 5.11 Å². The molecular weight excluding hydrogens is 415 g/mol. The van der Waals surface area contributed by atoms with E-state index in [1.165, 1.54) is 0 Å². The van der Waals surface area contributed by atoms with Crippen LogP contribution in [0.3, 0.4) is 0 Å². The van der Waals surface area contributed by atoms with Gasteiger partial charge in [0.05, 0.1) is 31.5 Å². The van der Waals surface area contributed by atoms with Gasteiger partial charge < -0.3 is 23.8 Å². The smallest absolute Gasteiger partial charge is 0.380 e. The zero-order valence-corrected chi connectivity index (χ0v) is 18.5. The van der Waals surface area contributed by atoms with E-state index in [4.69, 9.17) is 49.2 Å². The molecule has 1 N–H and O–H groups in total. The second kappa shape index (κ2) is 10.8. The van der Waals surface area contributed by atoms with Crippen molar-refractivity contribution in [1.29, 1.82) is 0 Å². The number of rotatable bonds is 11. The van der Waals surface area contributed by atoms with Crippen LogP contribution in [-0.2, 0) is 32.6 Å². The molecule has 11 nitrogen and oxygen atoms in total. The molecule has 2 saturated heterocycles. The van der Waals surface area contributed by atoms with E-state index < -0.39 is 37.8 Å². The van der Waals surface area contributed by atoms with Gasteiger partial charge in [0.15, 0.2) is 5.72 Å². The largest absolute Gasteiger partial charge is 0.472 e. The first kappa shape index (κ1) is 25.6. The second-order valence-corrected chi connectivity index (χ2v) is 9.22. The summed E-state index contributed by atoms with van der Waals surface area (Å²) in [5.74, 6) is 0. The Bertz CT molecular complexity index is 668. The highest BCUT2D eigenvalue weighted by atomic mass is 31.2. The molecule has 0 saturated carbocycles. The lowest BCUT2D eigenvalue weighted by Gasteiger charge is -2.31. The van der Waals surface area contributed by atoms with Gasteiger partial charge in [0, 0.05) is 16.9 Å². The van der Waals surface area contributed by atoms with Gasteiger partial charge in [-0.2, -0.15) is 0 Å². The highest BCUT2D eigenvalue weighted by Crippen LogP contribution is 2.50. The Labute approximate surface area is 179 Å². The molecule has 3 unspecified atom stereocenters. The lowest BCUT2D eigenvalue weighted by molar-refractivity contribution is -0.119. The maximum absolute atomic E-state index is 12.6. The predicted octanol–water partition coefficient (Wildman–Crippen LogP) is 1.91. The number of hydrogen-bond acceptors (Lipinski definition) is 8. The van der Waals surface area contributed by atoms with E-state index >= 15 is 0 Å². The summed E-state index contributed by atoms with van der Waals surface area (Å²) in [6.07, 6.45) is -2.04. The molecule has 30 heavy (non-hydrogen) atoms. The van der Waals surface area contributed by atoms with Gasteiger partial charge in [-0.15, -0.1) is 0 Å². The molecule has 0 bridgehead atoms. The summed E-state index contributed by atoms with van der Waals surface area (Å²) >= 11 is 0. The highest BCUT2D eigenvalue weighted by molar-refractivity contribution is 7.47. The minimum atomic E-state index is -4.60. The third kappa shape index (κ3) is 7.22. The normalized spacial score (nSPS) is 36.2. The molecule has 2 aliphatic heterocycles. The molecule has 0 aromatic heterocycles. The van der Waals surface area contributed by atoms with E-state index in [2.05, 4.69) is 10.0 Å². The van der Waals surface area contributed by atoms with Crippen molar-refractivity contribution in [2.45, 2.75) is 88.8 Å². The van der Waals surface area contributed by atoms with Crippen molar-refractivity contribution in [2.24, 2.45) is 5.11 Å². The van der Waals surface area contributed by atoms with E-state index in [1.807, 2.05) is 13.8 Å². The van der Waals surface area contributed by atoms with Crippen molar-refractivity contribution in [2.75, 3.05) is 13.2 Å². The summed E-state index contributed by atoms with van der Waals surface area (Å²) in [6, 6.07) is -1.44. The molecule has 2 fully saturated rings. The SMILES string of the molecule is [B][C@H]1CC(OC(C)C)[C@@H](COP(=O)(O)OC2C[C@H]([B])O[C@@]2(COC(C)C)N=[N+]=[N-])O1. The summed E-state index contributed by atoms with van der Waals surface area (Å²) in [6.45, 7) is 6.78. The number of nitrogens with zero attached hydrogens (tertiary/aromatic N) is 3. The molecule has 0 aliphatic carbocycles. The summed E-state index contributed by atoms with van der Waals surface area (Å²) in [5.41, 5.74) is 7.25. The third-order valence-electron chi connectivity index (χ3n) is 4.48. The molecule has 4 radical (unpaired) electrons. The van der Waals surface area contributed by atoms with Crippen LogP contribution in [0.1, 0.15) is 40.5 Å².